The number of alkyl halides is 6. The monoisotopic (exact) mass is 491 g/mol. The first-order valence-corrected chi connectivity index (χ1v) is 10.1. The molecule has 32 heavy (non-hydrogen) atoms. The Balaban J connectivity index is 1.66. The van der Waals surface area contributed by atoms with Crippen molar-refractivity contribution in [2.24, 2.45) is 0 Å². The molecule has 168 valence electrons. The predicted octanol–water partition coefficient (Wildman–Crippen LogP) is 6.57. The molecule has 12 heteroatoms. The normalized spacial score (nSPS) is 12.0. The van der Waals surface area contributed by atoms with Gasteiger partial charge in [0.05, 0.1) is 22.6 Å². The minimum atomic E-state index is -5.00. The minimum absolute atomic E-state index is 0.0117. The van der Waals surface area contributed by atoms with Crippen LogP contribution in [0.4, 0.5) is 32.0 Å². The number of hydrogen-bond acceptors (Lipinski definition) is 4. The lowest BCUT2D eigenvalue weighted by atomic mass is 10.1. The van der Waals surface area contributed by atoms with Gasteiger partial charge in [-0.25, -0.2) is 0 Å². The summed E-state index contributed by atoms with van der Waals surface area (Å²) in [4.78, 5) is 12.1. The fraction of sp³-hybridized carbons (Fsp3) is 0.150. The van der Waals surface area contributed by atoms with E-state index in [1.54, 1.807) is 36.4 Å². The van der Waals surface area contributed by atoms with Crippen molar-refractivity contribution in [1.82, 2.24) is 10.2 Å². The third-order valence-corrected chi connectivity index (χ3v) is 5.17. The lowest BCUT2D eigenvalue weighted by Gasteiger charge is -2.14. The average molecular weight is 492 g/mol. The van der Waals surface area contributed by atoms with E-state index in [0.717, 1.165) is 17.3 Å². The molecule has 0 aliphatic carbocycles. The maximum absolute atomic E-state index is 12.9. The fourth-order valence-electron chi connectivity index (χ4n) is 2.54. The van der Waals surface area contributed by atoms with E-state index in [1.807, 2.05) is 0 Å². The summed E-state index contributed by atoms with van der Waals surface area (Å²) in [6.45, 7) is 0. The molecule has 0 saturated heterocycles. The summed E-state index contributed by atoms with van der Waals surface area (Å²) in [7, 11) is 0. The number of rotatable bonds is 5. The van der Waals surface area contributed by atoms with E-state index < -0.39 is 35.1 Å². The van der Waals surface area contributed by atoms with Crippen LogP contribution in [0.2, 0.25) is 5.02 Å². The maximum Gasteiger partial charge on any atom is 0.416 e. The van der Waals surface area contributed by atoms with E-state index in [2.05, 4.69) is 15.5 Å². The topological polar surface area (TPSA) is 54.9 Å². The molecule has 1 N–H and O–H groups in total. The van der Waals surface area contributed by atoms with Gasteiger partial charge in [0.1, 0.15) is 5.03 Å². The van der Waals surface area contributed by atoms with E-state index in [4.69, 9.17) is 11.6 Å². The molecule has 1 aromatic heterocycles. The van der Waals surface area contributed by atoms with E-state index in [9.17, 15) is 31.1 Å². The smallest absolute Gasteiger partial charge is 0.325 e. The highest BCUT2D eigenvalue weighted by atomic mass is 35.5. The van der Waals surface area contributed by atoms with Gasteiger partial charge in [-0.1, -0.05) is 35.5 Å². The highest BCUT2D eigenvalue weighted by Gasteiger charge is 2.37. The van der Waals surface area contributed by atoms with Gasteiger partial charge in [-0.15, -0.1) is 10.2 Å². The first-order chi connectivity index (χ1) is 14.9. The molecule has 0 saturated carbocycles. The number of aromatic nitrogens is 2. The number of hydrogen-bond donors (Lipinski definition) is 1. The van der Waals surface area contributed by atoms with Gasteiger partial charge in [0.2, 0.25) is 5.91 Å². The zero-order valence-corrected chi connectivity index (χ0v) is 17.3. The SMILES string of the molecule is O=C(CSc1ccc(-c2ccc(Cl)cc2)nn1)Nc1cc(C(F)(F)F)cc(C(F)(F)F)c1. The second kappa shape index (κ2) is 9.37. The molecular formula is C20H12ClF6N3OS. The van der Waals surface area contributed by atoms with Crippen LogP contribution in [-0.4, -0.2) is 21.9 Å². The summed E-state index contributed by atoms with van der Waals surface area (Å²) in [5, 5.41) is 10.9. The van der Waals surface area contributed by atoms with Gasteiger partial charge in [-0.3, -0.25) is 4.79 Å². The highest BCUT2D eigenvalue weighted by Crippen LogP contribution is 2.37. The fourth-order valence-corrected chi connectivity index (χ4v) is 3.28. The summed E-state index contributed by atoms with van der Waals surface area (Å²) >= 11 is 6.75. The Bertz CT molecular complexity index is 1070. The van der Waals surface area contributed by atoms with Gasteiger partial charge in [0.15, 0.2) is 0 Å². The van der Waals surface area contributed by atoms with E-state index >= 15 is 0 Å². The molecule has 0 aliphatic rings. The molecule has 0 bridgehead atoms. The quantitative estimate of drug-likeness (QED) is 0.324. The number of anilines is 1. The lowest BCUT2D eigenvalue weighted by molar-refractivity contribution is -0.143. The molecule has 1 heterocycles. The molecule has 0 aliphatic heterocycles. The lowest BCUT2D eigenvalue weighted by Crippen LogP contribution is -2.17. The van der Waals surface area contributed by atoms with E-state index in [0.29, 0.717) is 27.9 Å². The molecular weight excluding hydrogens is 480 g/mol. The number of amides is 1. The van der Waals surface area contributed by atoms with Gasteiger partial charge in [-0.05, 0) is 42.5 Å². The van der Waals surface area contributed by atoms with Crippen LogP contribution in [0.5, 0.6) is 0 Å². The van der Waals surface area contributed by atoms with Crippen LogP contribution in [0.25, 0.3) is 11.3 Å². The Hall–Kier alpha value is -2.79. The second-order valence-electron chi connectivity index (χ2n) is 6.40. The van der Waals surface area contributed by atoms with Crippen molar-refractivity contribution in [2.45, 2.75) is 17.4 Å². The van der Waals surface area contributed by atoms with Crippen molar-refractivity contribution in [2.75, 3.05) is 11.1 Å². The molecule has 0 unspecified atom stereocenters. The number of thioether (sulfide) groups is 1. The number of nitrogens with zero attached hydrogens (tertiary/aromatic N) is 2. The van der Waals surface area contributed by atoms with Gasteiger partial charge in [0.25, 0.3) is 0 Å². The predicted molar refractivity (Wildman–Crippen MR) is 108 cm³/mol. The third-order valence-electron chi connectivity index (χ3n) is 4.00. The third kappa shape index (κ3) is 6.36. The van der Waals surface area contributed by atoms with Crippen LogP contribution in [0, 0.1) is 0 Å². The van der Waals surface area contributed by atoms with Gasteiger partial charge in [-0.2, -0.15) is 26.3 Å². The maximum atomic E-state index is 12.9. The Labute approximate surface area is 187 Å². The van der Waals surface area contributed by atoms with Crippen LogP contribution < -0.4 is 5.32 Å². The van der Waals surface area contributed by atoms with Gasteiger partial charge < -0.3 is 5.32 Å². The van der Waals surface area contributed by atoms with Crippen LogP contribution in [0.15, 0.2) is 59.6 Å². The number of carbonyl (C=O) groups excluding carboxylic acids is 1. The van der Waals surface area contributed by atoms with Crippen LogP contribution >= 0.6 is 23.4 Å². The standard InChI is InChI=1S/C20H12ClF6N3OS/c21-14-3-1-11(2-4-14)16-5-6-18(30-29-16)32-10-17(31)28-15-8-12(19(22,23)24)7-13(9-15)20(25,26)27/h1-9H,10H2,(H,28,31). The highest BCUT2D eigenvalue weighted by molar-refractivity contribution is 7.99. The zero-order valence-electron chi connectivity index (χ0n) is 15.8. The second-order valence-corrected chi connectivity index (χ2v) is 7.83. The Kier molecular flexibility index (Phi) is 6.99. The van der Waals surface area contributed by atoms with Crippen LogP contribution in [0.3, 0.4) is 0 Å². The van der Waals surface area contributed by atoms with Crippen molar-refractivity contribution in [3.8, 4) is 11.3 Å². The minimum Gasteiger partial charge on any atom is -0.325 e. The molecule has 0 fully saturated rings. The Morgan fingerprint density at radius 1 is 0.875 bits per heavy atom. The Morgan fingerprint density at radius 3 is 1.97 bits per heavy atom. The van der Waals surface area contributed by atoms with Crippen molar-refractivity contribution < 1.29 is 31.1 Å². The van der Waals surface area contributed by atoms with Crippen LogP contribution in [0.1, 0.15) is 11.1 Å². The summed E-state index contributed by atoms with van der Waals surface area (Å²) in [6, 6.07) is 11.0. The molecule has 3 rings (SSSR count). The molecule has 4 nitrogen and oxygen atoms in total. The zero-order chi connectivity index (χ0) is 23.5. The van der Waals surface area contributed by atoms with Crippen LogP contribution in [-0.2, 0) is 17.1 Å². The summed E-state index contributed by atoms with van der Waals surface area (Å²) in [6.07, 6.45) is -10.0. The molecule has 1 amide bonds. The Morgan fingerprint density at radius 2 is 1.47 bits per heavy atom. The van der Waals surface area contributed by atoms with Crippen molar-refractivity contribution in [1.29, 1.82) is 0 Å². The molecule has 3 aromatic rings. The number of carbonyl (C=O) groups is 1. The number of nitrogens with one attached hydrogen (secondary N) is 1. The van der Waals surface area contributed by atoms with E-state index in [1.165, 1.54) is 0 Å². The van der Waals surface area contributed by atoms with Crippen molar-refractivity contribution >= 4 is 35.0 Å². The molecule has 0 radical (unpaired) electrons. The van der Waals surface area contributed by atoms with Crippen molar-refractivity contribution in [3.63, 3.8) is 0 Å². The summed E-state index contributed by atoms with van der Waals surface area (Å²) in [5.41, 5.74) is -2.32. The summed E-state index contributed by atoms with van der Waals surface area (Å²) in [5.74, 6) is -1.10. The van der Waals surface area contributed by atoms with Gasteiger partial charge >= 0.3 is 12.4 Å². The molecule has 0 atom stereocenters. The number of halogens is 7. The van der Waals surface area contributed by atoms with Gasteiger partial charge in [0, 0.05) is 16.3 Å². The van der Waals surface area contributed by atoms with Crippen molar-refractivity contribution in [3.05, 3.63) is 70.7 Å². The summed E-state index contributed by atoms with van der Waals surface area (Å²) < 4.78 is 77.5. The molecule has 0 spiro atoms. The molecule has 2 aromatic carbocycles. The van der Waals surface area contributed by atoms with E-state index in [-0.39, 0.29) is 11.8 Å². The largest absolute Gasteiger partial charge is 0.416 e. The first kappa shape index (κ1) is 23.9. The number of benzene rings is 2. The average Bonchev–Trinajstić information content (AvgIpc) is 2.72. The first-order valence-electron chi connectivity index (χ1n) is 8.73.